The van der Waals surface area contributed by atoms with Crippen molar-refractivity contribution in [1.82, 2.24) is 19.5 Å². The van der Waals surface area contributed by atoms with Gasteiger partial charge in [0.15, 0.2) is 11.5 Å². The minimum atomic E-state index is -0.284. The summed E-state index contributed by atoms with van der Waals surface area (Å²) in [6.07, 6.45) is 6.31. The third kappa shape index (κ3) is 2.93. The Morgan fingerprint density at radius 2 is 2.04 bits per heavy atom. The van der Waals surface area contributed by atoms with E-state index >= 15 is 0 Å². The number of hydrogen-bond acceptors (Lipinski definition) is 6. The average molecular weight is 337 g/mol. The van der Waals surface area contributed by atoms with Gasteiger partial charge >= 0.3 is 5.97 Å². The van der Waals surface area contributed by atoms with Gasteiger partial charge in [-0.15, -0.1) is 0 Å². The number of benzene rings is 1. The van der Waals surface area contributed by atoms with Gasteiger partial charge in [0.25, 0.3) is 0 Å². The molecule has 0 saturated heterocycles. The number of carbonyl (C=O) groups is 1. The van der Waals surface area contributed by atoms with Crippen molar-refractivity contribution in [2.24, 2.45) is 5.92 Å². The summed E-state index contributed by atoms with van der Waals surface area (Å²) in [6.45, 7) is 0.388. The van der Waals surface area contributed by atoms with Crippen molar-refractivity contribution < 1.29 is 9.53 Å². The van der Waals surface area contributed by atoms with E-state index in [-0.39, 0.29) is 17.9 Å². The number of rotatable bonds is 4. The van der Waals surface area contributed by atoms with Gasteiger partial charge in [0, 0.05) is 12.0 Å². The number of hydrogen-bond donors (Lipinski definition) is 1. The highest BCUT2D eigenvalue weighted by Gasteiger charge is 2.31. The largest absolute Gasteiger partial charge is 0.462 e. The van der Waals surface area contributed by atoms with E-state index in [1.807, 2.05) is 22.8 Å². The van der Waals surface area contributed by atoms with Gasteiger partial charge in [0.1, 0.15) is 11.8 Å². The number of nitrogen functional groups attached to an aromatic ring is 1. The van der Waals surface area contributed by atoms with Crippen LogP contribution in [0, 0.1) is 5.92 Å². The molecule has 128 valence electrons. The predicted octanol–water partition coefficient (Wildman–Crippen LogP) is 2.61. The SMILES string of the molecule is Nc1ncnc2c1ncn2[C@@H]1CCC[C@@H]1COC(=O)c1ccccc1. The summed E-state index contributed by atoms with van der Waals surface area (Å²) in [4.78, 5) is 24.8. The van der Waals surface area contributed by atoms with Crippen LogP contribution < -0.4 is 5.73 Å². The van der Waals surface area contributed by atoms with Crippen LogP contribution in [0.25, 0.3) is 11.2 Å². The lowest BCUT2D eigenvalue weighted by Crippen LogP contribution is -2.20. The highest BCUT2D eigenvalue weighted by molar-refractivity contribution is 5.89. The maximum atomic E-state index is 12.2. The van der Waals surface area contributed by atoms with Crippen LogP contribution in [-0.2, 0) is 4.74 Å². The third-order valence-corrected chi connectivity index (χ3v) is 4.80. The Labute approximate surface area is 144 Å². The van der Waals surface area contributed by atoms with Crippen LogP contribution in [0.1, 0.15) is 35.7 Å². The fourth-order valence-corrected chi connectivity index (χ4v) is 3.53. The van der Waals surface area contributed by atoms with Crippen LogP contribution in [-0.4, -0.2) is 32.1 Å². The number of anilines is 1. The number of ether oxygens (including phenoxy) is 1. The van der Waals surface area contributed by atoms with E-state index in [2.05, 4.69) is 15.0 Å². The first-order valence-electron chi connectivity index (χ1n) is 8.39. The van der Waals surface area contributed by atoms with Gasteiger partial charge in [0.2, 0.25) is 0 Å². The molecular formula is C18H19N5O2. The molecule has 2 heterocycles. The summed E-state index contributed by atoms with van der Waals surface area (Å²) in [6, 6.07) is 9.26. The van der Waals surface area contributed by atoms with Crippen molar-refractivity contribution in [3.05, 3.63) is 48.5 Å². The van der Waals surface area contributed by atoms with E-state index in [0.29, 0.717) is 23.5 Å². The number of imidazole rings is 1. The van der Waals surface area contributed by atoms with Crippen molar-refractivity contribution in [3.63, 3.8) is 0 Å². The van der Waals surface area contributed by atoms with E-state index in [4.69, 9.17) is 10.5 Å². The Hall–Kier alpha value is -2.96. The molecule has 1 saturated carbocycles. The van der Waals surface area contributed by atoms with Gasteiger partial charge in [-0.3, -0.25) is 0 Å². The van der Waals surface area contributed by atoms with Gasteiger partial charge in [-0.05, 0) is 25.0 Å². The molecule has 0 radical (unpaired) electrons. The summed E-state index contributed by atoms with van der Waals surface area (Å²) >= 11 is 0. The second-order valence-corrected chi connectivity index (χ2v) is 6.31. The van der Waals surface area contributed by atoms with Gasteiger partial charge in [-0.1, -0.05) is 24.6 Å². The molecule has 7 nitrogen and oxygen atoms in total. The lowest BCUT2D eigenvalue weighted by atomic mass is 10.0. The Kier molecular flexibility index (Phi) is 4.05. The minimum absolute atomic E-state index is 0.197. The number of carbonyl (C=O) groups excluding carboxylic acids is 1. The zero-order valence-corrected chi connectivity index (χ0v) is 13.7. The molecule has 1 fully saturated rings. The Bertz CT molecular complexity index is 893. The number of aromatic nitrogens is 4. The molecule has 2 N–H and O–H groups in total. The van der Waals surface area contributed by atoms with Crippen molar-refractivity contribution in [2.45, 2.75) is 25.3 Å². The Balaban J connectivity index is 1.50. The van der Waals surface area contributed by atoms with Crippen LogP contribution in [0.4, 0.5) is 5.82 Å². The molecule has 1 aromatic carbocycles. The summed E-state index contributed by atoms with van der Waals surface area (Å²) in [5.74, 6) is 0.336. The van der Waals surface area contributed by atoms with Crippen LogP contribution in [0.5, 0.6) is 0 Å². The first-order valence-corrected chi connectivity index (χ1v) is 8.39. The zero-order chi connectivity index (χ0) is 17.2. The number of nitrogens with zero attached hydrogens (tertiary/aromatic N) is 4. The molecule has 0 spiro atoms. The smallest absolute Gasteiger partial charge is 0.338 e. The maximum Gasteiger partial charge on any atom is 0.338 e. The van der Waals surface area contributed by atoms with E-state index in [0.717, 1.165) is 24.9 Å². The third-order valence-electron chi connectivity index (χ3n) is 4.80. The molecule has 3 aromatic rings. The molecule has 0 bridgehead atoms. The van der Waals surface area contributed by atoms with Crippen LogP contribution in [0.2, 0.25) is 0 Å². The topological polar surface area (TPSA) is 95.9 Å². The van der Waals surface area contributed by atoms with Crippen LogP contribution in [0.15, 0.2) is 43.0 Å². The summed E-state index contributed by atoms with van der Waals surface area (Å²) in [7, 11) is 0. The van der Waals surface area contributed by atoms with Gasteiger partial charge in [0.05, 0.1) is 18.5 Å². The van der Waals surface area contributed by atoms with E-state index in [1.165, 1.54) is 6.33 Å². The lowest BCUT2D eigenvalue weighted by Gasteiger charge is -2.21. The molecule has 1 aliphatic rings. The first kappa shape index (κ1) is 15.6. The Morgan fingerprint density at radius 1 is 1.20 bits per heavy atom. The predicted molar refractivity (Wildman–Crippen MR) is 92.8 cm³/mol. The molecule has 2 atom stereocenters. The monoisotopic (exact) mass is 337 g/mol. The van der Waals surface area contributed by atoms with E-state index in [9.17, 15) is 4.79 Å². The van der Waals surface area contributed by atoms with E-state index < -0.39 is 0 Å². The van der Waals surface area contributed by atoms with Gasteiger partial charge in [-0.25, -0.2) is 19.7 Å². The van der Waals surface area contributed by atoms with Crippen molar-refractivity contribution in [3.8, 4) is 0 Å². The second-order valence-electron chi connectivity index (χ2n) is 6.31. The molecule has 2 aromatic heterocycles. The maximum absolute atomic E-state index is 12.2. The van der Waals surface area contributed by atoms with Crippen LogP contribution >= 0.6 is 0 Å². The first-order chi connectivity index (χ1) is 12.2. The molecule has 0 amide bonds. The van der Waals surface area contributed by atoms with Gasteiger partial charge < -0.3 is 15.0 Å². The Morgan fingerprint density at radius 3 is 2.88 bits per heavy atom. The molecule has 25 heavy (non-hydrogen) atoms. The number of nitrogens with two attached hydrogens (primary N) is 1. The number of fused-ring (bicyclic) bond motifs is 1. The second kappa shape index (κ2) is 6.51. The molecule has 7 heteroatoms. The van der Waals surface area contributed by atoms with Crippen molar-refractivity contribution >= 4 is 23.0 Å². The molecule has 0 aliphatic heterocycles. The van der Waals surface area contributed by atoms with Crippen molar-refractivity contribution in [1.29, 1.82) is 0 Å². The zero-order valence-electron chi connectivity index (χ0n) is 13.7. The fraction of sp³-hybridized carbons (Fsp3) is 0.333. The molecule has 1 aliphatic carbocycles. The van der Waals surface area contributed by atoms with Gasteiger partial charge in [-0.2, -0.15) is 0 Å². The van der Waals surface area contributed by atoms with Crippen LogP contribution in [0.3, 0.4) is 0 Å². The summed E-state index contributed by atoms with van der Waals surface area (Å²) < 4.78 is 7.59. The quantitative estimate of drug-likeness (QED) is 0.735. The molecule has 0 unspecified atom stereocenters. The van der Waals surface area contributed by atoms with Crippen molar-refractivity contribution in [2.75, 3.05) is 12.3 Å². The fourth-order valence-electron chi connectivity index (χ4n) is 3.53. The molecular weight excluding hydrogens is 318 g/mol. The van der Waals surface area contributed by atoms with E-state index in [1.54, 1.807) is 18.5 Å². The average Bonchev–Trinajstić information content (AvgIpc) is 3.27. The highest BCUT2D eigenvalue weighted by Crippen LogP contribution is 2.37. The summed E-state index contributed by atoms with van der Waals surface area (Å²) in [5, 5.41) is 0. The highest BCUT2D eigenvalue weighted by atomic mass is 16.5. The summed E-state index contributed by atoms with van der Waals surface area (Å²) in [5.41, 5.74) is 7.80. The minimum Gasteiger partial charge on any atom is -0.462 e. The lowest BCUT2D eigenvalue weighted by molar-refractivity contribution is 0.0415. The standard InChI is InChI=1S/C18H19N5O2/c19-16-15-17(21-10-20-16)23(11-22-15)14-8-4-7-13(14)9-25-18(24)12-5-2-1-3-6-12/h1-3,5-6,10-11,13-14H,4,7-9H2,(H2,19,20,21)/t13-,14-/m1/s1. The normalized spacial score (nSPS) is 20.0. The molecule has 4 rings (SSSR count). The number of esters is 1.